The van der Waals surface area contributed by atoms with Crippen molar-refractivity contribution >= 4 is 27.5 Å². The maximum Gasteiger partial charge on any atom is 0.138 e. The highest BCUT2D eigenvalue weighted by atomic mass is 79.9. The van der Waals surface area contributed by atoms with Gasteiger partial charge in [-0.15, -0.1) is 0 Å². The van der Waals surface area contributed by atoms with Crippen molar-refractivity contribution in [2.45, 2.75) is 19.8 Å². The van der Waals surface area contributed by atoms with E-state index < -0.39 is 0 Å². The van der Waals surface area contributed by atoms with Gasteiger partial charge in [-0.1, -0.05) is 33.6 Å². The molecule has 1 aromatic rings. The Morgan fingerprint density at radius 1 is 1.39 bits per heavy atom. The first-order valence-corrected chi connectivity index (χ1v) is 7.68. The standard InChI is InChI=1S/C14H18BrClO2/c1-11-2-3-12(16)13(8-11)18-10-14(9-15)4-6-17-7-5-14/h2-3,8H,4-7,9-10H2,1H3. The zero-order valence-electron chi connectivity index (χ0n) is 10.5. The molecule has 0 aliphatic carbocycles. The maximum atomic E-state index is 6.14. The van der Waals surface area contributed by atoms with Crippen molar-refractivity contribution in [2.24, 2.45) is 5.41 Å². The van der Waals surface area contributed by atoms with Crippen LogP contribution in [-0.4, -0.2) is 25.2 Å². The minimum absolute atomic E-state index is 0.172. The first kappa shape index (κ1) is 14.2. The lowest BCUT2D eigenvalue weighted by molar-refractivity contribution is 0.00356. The molecule has 0 unspecified atom stereocenters. The van der Waals surface area contributed by atoms with E-state index in [1.807, 2.05) is 25.1 Å². The first-order valence-electron chi connectivity index (χ1n) is 6.18. The molecule has 0 saturated carbocycles. The van der Waals surface area contributed by atoms with Crippen LogP contribution in [0.4, 0.5) is 0 Å². The molecule has 0 radical (unpaired) electrons. The highest BCUT2D eigenvalue weighted by Crippen LogP contribution is 2.34. The normalized spacial score (nSPS) is 18.6. The lowest BCUT2D eigenvalue weighted by atomic mass is 9.83. The minimum Gasteiger partial charge on any atom is -0.491 e. The van der Waals surface area contributed by atoms with Crippen LogP contribution >= 0.6 is 27.5 Å². The molecule has 0 N–H and O–H groups in total. The van der Waals surface area contributed by atoms with Gasteiger partial charge in [0.05, 0.1) is 11.6 Å². The van der Waals surface area contributed by atoms with Crippen LogP contribution in [0.2, 0.25) is 5.02 Å². The molecular formula is C14H18BrClO2. The molecule has 0 spiro atoms. The Kier molecular flexibility index (Phi) is 4.93. The predicted molar refractivity (Wildman–Crippen MR) is 78.0 cm³/mol. The highest BCUT2D eigenvalue weighted by molar-refractivity contribution is 9.09. The van der Waals surface area contributed by atoms with E-state index in [0.29, 0.717) is 11.6 Å². The summed E-state index contributed by atoms with van der Waals surface area (Å²) in [5.41, 5.74) is 1.33. The van der Waals surface area contributed by atoms with Crippen LogP contribution < -0.4 is 4.74 Å². The molecule has 2 rings (SSSR count). The van der Waals surface area contributed by atoms with Gasteiger partial charge in [0.2, 0.25) is 0 Å². The summed E-state index contributed by atoms with van der Waals surface area (Å²) in [7, 11) is 0. The topological polar surface area (TPSA) is 18.5 Å². The molecule has 4 heteroatoms. The monoisotopic (exact) mass is 332 g/mol. The fourth-order valence-corrected chi connectivity index (χ4v) is 2.97. The summed E-state index contributed by atoms with van der Waals surface area (Å²) >= 11 is 9.75. The molecule has 0 atom stereocenters. The van der Waals surface area contributed by atoms with Gasteiger partial charge in [0, 0.05) is 24.0 Å². The molecule has 1 fully saturated rings. The third-order valence-corrected chi connectivity index (χ3v) is 4.96. The Hall–Kier alpha value is -0.250. The van der Waals surface area contributed by atoms with Crippen LogP contribution in [0.5, 0.6) is 5.75 Å². The van der Waals surface area contributed by atoms with Crippen LogP contribution in [-0.2, 0) is 4.74 Å². The van der Waals surface area contributed by atoms with E-state index in [1.54, 1.807) is 0 Å². The lowest BCUT2D eigenvalue weighted by Gasteiger charge is -2.35. The molecule has 1 aromatic carbocycles. The molecule has 0 bridgehead atoms. The van der Waals surface area contributed by atoms with Crippen LogP contribution in [0.1, 0.15) is 18.4 Å². The van der Waals surface area contributed by atoms with Crippen molar-refractivity contribution in [3.63, 3.8) is 0 Å². The molecule has 1 saturated heterocycles. The molecule has 0 aromatic heterocycles. The summed E-state index contributed by atoms with van der Waals surface area (Å²) in [6.45, 7) is 4.36. The SMILES string of the molecule is Cc1ccc(Cl)c(OCC2(CBr)CCOCC2)c1. The summed E-state index contributed by atoms with van der Waals surface area (Å²) in [6, 6.07) is 5.87. The highest BCUT2D eigenvalue weighted by Gasteiger charge is 2.32. The smallest absolute Gasteiger partial charge is 0.138 e. The van der Waals surface area contributed by atoms with E-state index >= 15 is 0 Å². The van der Waals surface area contributed by atoms with Gasteiger partial charge in [-0.3, -0.25) is 0 Å². The third-order valence-electron chi connectivity index (χ3n) is 3.46. The second kappa shape index (κ2) is 6.27. The van der Waals surface area contributed by atoms with Crippen LogP contribution in [0.3, 0.4) is 0 Å². The van der Waals surface area contributed by atoms with Gasteiger partial charge in [-0.2, -0.15) is 0 Å². The fraction of sp³-hybridized carbons (Fsp3) is 0.571. The Balaban J connectivity index is 2.03. The van der Waals surface area contributed by atoms with Crippen molar-refractivity contribution in [1.82, 2.24) is 0 Å². The third kappa shape index (κ3) is 3.40. The Morgan fingerprint density at radius 3 is 2.78 bits per heavy atom. The van der Waals surface area contributed by atoms with Crippen LogP contribution in [0.15, 0.2) is 18.2 Å². The van der Waals surface area contributed by atoms with Gasteiger partial charge >= 0.3 is 0 Å². The average Bonchev–Trinajstić information content (AvgIpc) is 2.41. The summed E-state index contributed by atoms with van der Waals surface area (Å²) in [5.74, 6) is 0.781. The number of alkyl halides is 1. The van der Waals surface area contributed by atoms with Gasteiger partial charge in [-0.05, 0) is 37.5 Å². The second-order valence-corrected chi connectivity index (χ2v) is 5.94. The molecule has 18 heavy (non-hydrogen) atoms. The number of rotatable bonds is 4. The Labute approximate surface area is 122 Å². The number of halogens is 2. The van der Waals surface area contributed by atoms with E-state index in [0.717, 1.165) is 42.7 Å². The number of hydrogen-bond donors (Lipinski definition) is 0. The van der Waals surface area contributed by atoms with Crippen molar-refractivity contribution in [3.05, 3.63) is 28.8 Å². The van der Waals surface area contributed by atoms with Crippen molar-refractivity contribution < 1.29 is 9.47 Å². The molecule has 1 heterocycles. The molecule has 2 nitrogen and oxygen atoms in total. The molecule has 100 valence electrons. The zero-order valence-corrected chi connectivity index (χ0v) is 12.9. The summed E-state index contributed by atoms with van der Waals surface area (Å²) < 4.78 is 11.4. The number of aryl methyl sites for hydroxylation is 1. The predicted octanol–water partition coefficient (Wildman–Crippen LogP) is 4.22. The maximum absolute atomic E-state index is 6.14. The van der Waals surface area contributed by atoms with Crippen molar-refractivity contribution in [3.8, 4) is 5.75 Å². The largest absolute Gasteiger partial charge is 0.491 e. The number of benzene rings is 1. The van der Waals surface area contributed by atoms with Gasteiger partial charge in [0.1, 0.15) is 5.75 Å². The van der Waals surface area contributed by atoms with E-state index in [2.05, 4.69) is 15.9 Å². The van der Waals surface area contributed by atoms with E-state index in [4.69, 9.17) is 21.1 Å². The number of ether oxygens (including phenoxy) is 2. The Morgan fingerprint density at radius 2 is 2.11 bits per heavy atom. The van der Waals surface area contributed by atoms with E-state index in [1.165, 1.54) is 0 Å². The zero-order chi connectivity index (χ0) is 13.0. The van der Waals surface area contributed by atoms with Gasteiger partial charge < -0.3 is 9.47 Å². The lowest BCUT2D eigenvalue weighted by Crippen LogP contribution is -2.36. The van der Waals surface area contributed by atoms with Crippen LogP contribution in [0, 0.1) is 12.3 Å². The van der Waals surface area contributed by atoms with Gasteiger partial charge in [0.15, 0.2) is 0 Å². The molecule has 1 aliphatic rings. The first-order chi connectivity index (χ1) is 8.65. The average molecular weight is 334 g/mol. The van der Waals surface area contributed by atoms with Crippen LogP contribution in [0.25, 0.3) is 0 Å². The fourth-order valence-electron chi connectivity index (χ4n) is 2.07. The summed E-state index contributed by atoms with van der Waals surface area (Å²) in [4.78, 5) is 0. The minimum atomic E-state index is 0.172. The summed E-state index contributed by atoms with van der Waals surface area (Å²) in [6.07, 6.45) is 2.06. The quantitative estimate of drug-likeness (QED) is 0.768. The van der Waals surface area contributed by atoms with Gasteiger partial charge in [0.25, 0.3) is 0 Å². The number of hydrogen-bond acceptors (Lipinski definition) is 2. The van der Waals surface area contributed by atoms with Crippen molar-refractivity contribution in [1.29, 1.82) is 0 Å². The Bertz CT molecular complexity index is 403. The van der Waals surface area contributed by atoms with E-state index in [9.17, 15) is 0 Å². The van der Waals surface area contributed by atoms with E-state index in [-0.39, 0.29) is 5.41 Å². The summed E-state index contributed by atoms with van der Waals surface area (Å²) in [5, 5.41) is 1.62. The molecular weight excluding hydrogens is 316 g/mol. The second-order valence-electron chi connectivity index (χ2n) is 4.97. The molecule has 1 aliphatic heterocycles. The molecule has 0 amide bonds. The van der Waals surface area contributed by atoms with Gasteiger partial charge in [-0.25, -0.2) is 0 Å². The van der Waals surface area contributed by atoms with Crippen molar-refractivity contribution in [2.75, 3.05) is 25.2 Å².